The van der Waals surface area contributed by atoms with Gasteiger partial charge in [-0.1, -0.05) is 36.4 Å². The van der Waals surface area contributed by atoms with Crippen molar-refractivity contribution in [1.82, 2.24) is 4.98 Å². The van der Waals surface area contributed by atoms with Crippen molar-refractivity contribution in [3.8, 4) is 0 Å². The molecule has 0 aliphatic heterocycles. The maximum atomic E-state index is 13.0. The predicted octanol–water partition coefficient (Wildman–Crippen LogP) is 5.08. The first-order valence-corrected chi connectivity index (χ1v) is 11.8. The van der Waals surface area contributed by atoms with Gasteiger partial charge in [0.25, 0.3) is 10.0 Å². The van der Waals surface area contributed by atoms with Gasteiger partial charge < -0.3 is 10.3 Å². The van der Waals surface area contributed by atoms with E-state index in [-0.39, 0.29) is 17.2 Å². The van der Waals surface area contributed by atoms with Crippen LogP contribution < -0.4 is 10.0 Å². The number of aromatic nitrogens is 1. The average molecular weight is 448 g/mol. The Morgan fingerprint density at radius 3 is 2.47 bits per heavy atom. The third-order valence-corrected chi connectivity index (χ3v) is 6.92. The maximum absolute atomic E-state index is 13.0. The lowest BCUT2D eigenvalue weighted by molar-refractivity contribution is -0.115. The molecule has 0 atom stereocenters. The molecule has 0 fully saturated rings. The van der Waals surface area contributed by atoms with Crippen molar-refractivity contribution >= 4 is 38.2 Å². The van der Waals surface area contributed by atoms with Crippen molar-refractivity contribution in [3.63, 3.8) is 0 Å². The molecule has 164 valence electrons. The topological polar surface area (TPSA) is 91.1 Å². The molecule has 0 aliphatic carbocycles. The molecule has 0 radical (unpaired) electrons. The molecule has 32 heavy (non-hydrogen) atoms. The zero-order chi connectivity index (χ0) is 22.9. The molecule has 0 aliphatic rings. The summed E-state index contributed by atoms with van der Waals surface area (Å²) in [4.78, 5) is 16.2. The van der Waals surface area contributed by atoms with Gasteiger partial charge >= 0.3 is 0 Å². The monoisotopic (exact) mass is 447 g/mol. The first kappa shape index (κ1) is 21.6. The Labute approximate surface area is 187 Å². The smallest absolute Gasteiger partial charge is 0.262 e. The number of amides is 1. The van der Waals surface area contributed by atoms with Crippen LogP contribution in [0.4, 0.5) is 11.4 Å². The summed E-state index contributed by atoms with van der Waals surface area (Å²) in [6.07, 6.45) is 0.188. The lowest BCUT2D eigenvalue weighted by Gasteiger charge is -2.13. The number of fused-ring (bicyclic) bond motifs is 1. The van der Waals surface area contributed by atoms with Crippen molar-refractivity contribution in [3.05, 3.63) is 89.1 Å². The Morgan fingerprint density at radius 2 is 1.69 bits per heavy atom. The molecule has 0 bridgehead atoms. The van der Waals surface area contributed by atoms with E-state index >= 15 is 0 Å². The van der Waals surface area contributed by atoms with E-state index in [0.29, 0.717) is 16.9 Å². The molecule has 6 nitrogen and oxygen atoms in total. The van der Waals surface area contributed by atoms with E-state index in [2.05, 4.69) is 15.0 Å². The Bertz CT molecular complexity index is 1420. The van der Waals surface area contributed by atoms with Crippen molar-refractivity contribution in [2.75, 3.05) is 10.0 Å². The fourth-order valence-electron chi connectivity index (χ4n) is 3.81. The number of hydrogen-bond acceptors (Lipinski definition) is 3. The van der Waals surface area contributed by atoms with Crippen molar-refractivity contribution in [1.29, 1.82) is 0 Å². The van der Waals surface area contributed by atoms with Crippen molar-refractivity contribution in [2.45, 2.75) is 32.1 Å². The summed E-state index contributed by atoms with van der Waals surface area (Å²) in [5.41, 5.74) is 5.33. The number of carbonyl (C=O) groups is 1. The summed E-state index contributed by atoms with van der Waals surface area (Å²) >= 11 is 0. The van der Waals surface area contributed by atoms with Gasteiger partial charge in [-0.05, 0) is 67.8 Å². The first-order chi connectivity index (χ1) is 15.2. The number of rotatable bonds is 6. The molecule has 4 aromatic rings. The zero-order valence-corrected chi connectivity index (χ0v) is 19.0. The number of aryl methyl sites for hydroxylation is 3. The minimum atomic E-state index is -3.81. The summed E-state index contributed by atoms with van der Waals surface area (Å²) in [5.74, 6) is -0.211. The Morgan fingerprint density at radius 1 is 0.906 bits per heavy atom. The van der Waals surface area contributed by atoms with Crippen LogP contribution in [0, 0.1) is 20.8 Å². The van der Waals surface area contributed by atoms with Crippen LogP contribution >= 0.6 is 0 Å². The fourth-order valence-corrected chi connectivity index (χ4v) is 5.14. The highest BCUT2D eigenvalue weighted by atomic mass is 32.2. The van der Waals surface area contributed by atoms with Gasteiger partial charge in [-0.2, -0.15) is 0 Å². The number of nitrogens with one attached hydrogen (secondary N) is 3. The highest BCUT2D eigenvalue weighted by molar-refractivity contribution is 7.92. The second-order valence-electron chi connectivity index (χ2n) is 7.95. The van der Waals surface area contributed by atoms with Crippen LogP contribution in [-0.4, -0.2) is 19.3 Å². The second kappa shape index (κ2) is 8.51. The molecule has 3 N–H and O–H groups in total. The standard InChI is InChI=1S/C25H25N3O3S/c1-16-7-6-8-20(13-16)28-32(30,31)24-14-19(12-11-17(24)2)27-25(29)15-22-18(3)26-23-10-5-4-9-21(22)23/h4-14,26,28H,15H2,1-3H3,(H,27,29). The van der Waals surface area contributed by atoms with Crippen LogP contribution in [0.15, 0.2) is 71.6 Å². The molecule has 3 aromatic carbocycles. The van der Waals surface area contributed by atoms with Gasteiger partial charge in [0.1, 0.15) is 0 Å². The number of benzene rings is 3. The van der Waals surface area contributed by atoms with Gasteiger partial charge in [-0.25, -0.2) is 8.42 Å². The van der Waals surface area contributed by atoms with Gasteiger partial charge in [-0.15, -0.1) is 0 Å². The molecule has 0 saturated carbocycles. The number of anilines is 2. The van der Waals surface area contributed by atoms with Gasteiger partial charge in [0, 0.05) is 28.0 Å². The summed E-state index contributed by atoms with van der Waals surface area (Å²) < 4.78 is 28.6. The molecular formula is C25H25N3O3S. The van der Waals surface area contributed by atoms with E-state index in [0.717, 1.165) is 27.7 Å². The Balaban J connectivity index is 1.55. The summed E-state index contributed by atoms with van der Waals surface area (Å²) in [6, 6.07) is 19.9. The van der Waals surface area contributed by atoms with Crippen LogP contribution in [0.3, 0.4) is 0 Å². The summed E-state index contributed by atoms with van der Waals surface area (Å²) in [7, 11) is -3.81. The number of carbonyl (C=O) groups excluding carboxylic acids is 1. The summed E-state index contributed by atoms with van der Waals surface area (Å²) in [6.45, 7) is 5.57. The molecule has 1 amide bonds. The van der Waals surface area contributed by atoms with Gasteiger partial charge in [-0.3, -0.25) is 9.52 Å². The van der Waals surface area contributed by atoms with E-state index in [4.69, 9.17) is 0 Å². The van der Waals surface area contributed by atoms with Crippen LogP contribution in [0.2, 0.25) is 0 Å². The molecule has 0 spiro atoms. The van der Waals surface area contributed by atoms with E-state index in [1.165, 1.54) is 6.07 Å². The molecule has 4 rings (SSSR count). The van der Waals surface area contributed by atoms with Crippen LogP contribution in [-0.2, 0) is 21.2 Å². The normalized spacial score (nSPS) is 11.5. The number of H-pyrrole nitrogens is 1. The fraction of sp³-hybridized carbons (Fsp3) is 0.160. The minimum absolute atomic E-state index is 0.125. The number of sulfonamides is 1. The highest BCUT2D eigenvalue weighted by Gasteiger charge is 2.19. The molecule has 0 unspecified atom stereocenters. The van der Waals surface area contributed by atoms with Gasteiger partial charge in [0.05, 0.1) is 11.3 Å². The largest absolute Gasteiger partial charge is 0.358 e. The van der Waals surface area contributed by atoms with Gasteiger partial charge in [0.2, 0.25) is 5.91 Å². The number of hydrogen-bond donors (Lipinski definition) is 3. The van der Waals surface area contributed by atoms with E-state index < -0.39 is 10.0 Å². The number of para-hydroxylation sites is 1. The lowest BCUT2D eigenvalue weighted by atomic mass is 10.1. The van der Waals surface area contributed by atoms with Gasteiger partial charge in [0.15, 0.2) is 0 Å². The lowest BCUT2D eigenvalue weighted by Crippen LogP contribution is -2.17. The first-order valence-electron chi connectivity index (χ1n) is 10.3. The van der Waals surface area contributed by atoms with Crippen molar-refractivity contribution in [2.24, 2.45) is 0 Å². The maximum Gasteiger partial charge on any atom is 0.262 e. The molecular weight excluding hydrogens is 422 g/mol. The third kappa shape index (κ3) is 4.53. The number of aromatic amines is 1. The zero-order valence-electron chi connectivity index (χ0n) is 18.2. The molecule has 7 heteroatoms. The Kier molecular flexibility index (Phi) is 5.76. The van der Waals surface area contributed by atoms with E-state index in [1.807, 2.05) is 44.2 Å². The average Bonchev–Trinajstić information content (AvgIpc) is 3.04. The SMILES string of the molecule is Cc1cccc(NS(=O)(=O)c2cc(NC(=O)Cc3c(C)[nH]c4ccccc34)ccc2C)c1. The second-order valence-corrected chi connectivity index (χ2v) is 9.61. The van der Waals surface area contributed by atoms with Crippen molar-refractivity contribution < 1.29 is 13.2 Å². The quantitative estimate of drug-likeness (QED) is 0.385. The molecule has 1 heterocycles. The van der Waals surface area contributed by atoms with Crippen LogP contribution in [0.25, 0.3) is 10.9 Å². The minimum Gasteiger partial charge on any atom is -0.358 e. The van der Waals surface area contributed by atoms with Crippen LogP contribution in [0.1, 0.15) is 22.4 Å². The van der Waals surface area contributed by atoms with Crippen LogP contribution in [0.5, 0.6) is 0 Å². The predicted molar refractivity (Wildman–Crippen MR) is 129 cm³/mol. The van der Waals surface area contributed by atoms with E-state index in [9.17, 15) is 13.2 Å². The molecule has 1 aromatic heterocycles. The third-order valence-electron chi connectivity index (χ3n) is 5.40. The highest BCUT2D eigenvalue weighted by Crippen LogP contribution is 2.25. The van der Waals surface area contributed by atoms with E-state index in [1.54, 1.807) is 37.3 Å². The molecule has 0 saturated heterocycles. The Hall–Kier alpha value is -3.58. The summed E-state index contributed by atoms with van der Waals surface area (Å²) in [5, 5.41) is 3.85.